The Hall–Kier alpha value is -2.46. The minimum Gasteiger partial charge on any atom is -0.265 e. The number of nitrogens with zero attached hydrogens (tertiary/aromatic N) is 3. The third-order valence-electron chi connectivity index (χ3n) is 3.78. The molecule has 0 radical (unpaired) electrons. The normalized spacial score (nSPS) is 10.6. The van der Waals surface area contributed by atoms with Gasteiger partial charge in [-0.05, 0) is 46.7 Å². The molecule has 0 saturated carbocycles. The van der Waals surface area contributed by atoms with Gasteiger partial charge in [0.1, 0.15) is 11.1 Å². The van der Waals surface area contributed by atoms with Crippen LogP contribution in [-0.2, 0) is 5.75 Å². The molecule has 4 aromatic heterocycles. The van der Waals surface area contributed by atoms with E-state index in [2.05, 4.69) is 23.2 Å². The average Bonchev–Trinajstić information content (AvgIpc) is 3.40. The van der Waals surface area contributed by atoms with Gasteiger partial charge in [-0.15, -0.1) is 34.4 Å². The molecule has 0 aliphatic rings. The lowest BCUT2D eigenvalue weighted by atomic mass is 10.1. The number of hydrogen-bond acceptors (Lipinski definition) is 6. The van der Waals surface area contributed by atoms with Crippen LogP contribution in [0.4, 0.5) is 0 Å². The third kappa shape index (κ3) is 3.56. The monoisotopic (exact) mass is 391 g/mol. The first-order chi connectivity index (χ1) is 12.8. The van der Waals surface area contributed by atoms with Crippen LogP contribution in [0.2, 0.25) is 0 Å². The Labute approximate surface area is 164 Å². The summed E-state index contributed by atoms with van der Waals surface area (Å²) in [6.07, 6.45) is 3.57. The number of pyridine rings is 2. The maximum Gasteiger partial charge on any atom is 0.116 e. The molecule has 0 amide bonds. The summed E-state index contributed by atoms with van der Waals surface area (Å²) in [7, 11) is 0. The molecule has 0 saturated heterocycles. The van der Waals surface area contributed by atoms with E-state index in [0.29, 0.717) is 5.56 Å². The first-order valence-electron chi connectivity index (χ1n) is 7.90. The van der Waals surface area contributed by atoms with Crippen molar-refractivity contribution >= 4 is 34.4 Å². The van der Waals surface area contributed by atoms with E-state index in [1.54, 1.807) is 46.8 Å². The highest BCUT2D eigenvalue weighted by molar-refractivity contribution is 7.98. The van der Waals surface area contributed by atoms with Crippen molar-refractivity contribution in [2.75, 3.05) is 0 Å². The third-order valence-corrected chi connectivity index (χ3v) is 6.63. The summed E-state index contributed by atoms with van der Waals surface area (Å²) >= 11 is 4.90. The number of rotatable bonds is 5. The fourth-order valence-corrected chi connectivity index (χ4v) is 4.94. The van der Waals surface area contributed by atoms with Crippen LogP contribution in [0, 0.1) is 11.3 Å². The van der Waals surface area contributed by atoms with Gasteiger partial charge in [0.15, 0.2) is 0 Å². The summed E-state index contributed by atoms with van der Waals surface area (Å²) in [5.74, 6) is 0.752. The smallest absolute Gasteiger partial charge is 0.116 e. The molecule has 4 rings (SSSR count). The average molecular weight is 392 g/mol. The lowest BCUT2D eigenvalue weighted by Crippen LogP contribution is -1.94. The topological polar surface area (TPSA) is 49.6 Å². The second-order valence-electron chi connectivity index (χ2n) is 5.45. The number of hydrogen-bond donors (Lipinski definition) is 0. The van der Waals surface area contributed by atoms with Gasteiger partial charge >= 0.3 is 0 Å². The van der Waals surface area contributed by atoms with Gasteiger partial charge in [0, 0.05) is 28.6 Å². The van der Waals surface area contributed by atoms with Crippen LogP contribution in [0.1, 0.15) is 11.1 Å². The fourth-order valence-electron chi connectivity index (χ4n) is 2.54. The highest BCUT2D eigenvalue weighted by Crippen LogP contribution is 2.37. The predicted octanol–water partition coefficient (Wildman–Crippen LogP) is 6.10. The molecule has 0 bridgehead atoms. The summed E-state index contributed by atoms with van der Waals surface area (Å²) < 4.78 is 0. The predicted molar refractivity (Wildman–Crippen MR) is 109 cm³/mol. The van der Waals surface area contributed by atoms with Crippen LogP contribution < -0.4 is 0 Å². The summed E-state index contributed by atoms with van der Waals surface area (Å²) in [6, 6.07) is 16.5. The second kappa shape index (κ2) is 7.83. The quantitative estimate of drug-likeness (QED) is 0.386. The minimum atomic E-state index is 0.645. The Morgan fingerprint density at radius 2 is 1.73 bits per heavy atom. The molecule has 126 valence electrons. The van der Waals surface area contributed by atoms with Crippen LogP contribution in [0.5, 0.6) is 0 Å². The van der Waals surface area contributed by atoms with Crippen LogP contribution in [0.3, 0.4) is 0 Å². The summed E-state index contributed by atoms with van der Waals surface area (Å²) in [4.78, 5) is 11.1. The molecule has 26 heavy (non-hydrogen) atoms. The van der Waals surface area contributed by atoms with Crippen LogP contribution >= 0.6 is 34.4 Å². The number of thioether (sulfide) groups is 1. The Kier molecular flexibility index (Phi) is 5.12. The van der Waals surface area contributed by atoms with E-state index in [-0.39, 0.29) is 0 Å². The van der Waals surface area contributed by atoms with Crippen molar-refractivity contribution in [2.45, 2.75) is 10.8 Å². The van der Waals surface area contributed by atoms with Crippen LogP contribution in [-0.4, -0.2) is 9.97 Å². The zero-order valence-corrected chi connectivity index (χ0v) is 16.1. The van der Waals surface area contributed by atoms with Crippen molar-refractivity contribution in [2.24, 2.45) is 0 Å². The molecule has 0 aliphatic heterocycles. The molecule has 0 aliphatic carbocycles. The molecule has 0 fully saturated rings. The van der Waals surface area contributed by atoms with E-state index >= 15 is 0 Å². The summed E-state index contributed by atoms with van der Waals surface area (Å²) in [5.41, 5.74) is 3.68. The molecule has 6 heteroatoms. The van der Waals surface area contributed by atoms with E-state index in [4.69, 9.17) is 4.98 Å². The zero-order chi connectivity index (χ0) is 17.8. The largest absolute Gasteiger partial charge is 0.265 e. The first kappa shape index (κ1) is 17.0. The second-order valence-corrected chi connectivity index (χ2v) is 8.31. The lowest BCUT2D eigenvalue weighted by Gasteiger charge is -2.10. The van der Waals surface area contributed by atoms with Crippen molar-refractivity contribution < 1.29 is 0 Å². The molecule has 4 heterocycles. The van der Waals surface area contributed by atoms with Crippen molar-refractivity contribution in [3.8, 4) is 27.1 Å². The van der Waals surface area contributed by atoms with Crippen molar-refractivity contribution in [1.29, 1.82) is 5.26 Å². The van der Waals surface area contributed by atoms with E-state index in [1.807, 2.05) is 41.1 Å². The Balaban J connectivity index is 1.79. The Morgan fingerprint density at radius 3 is 2.38 bits per heavy atom. The molecule has 0 aromatic carbocycles. The van der Waals surface area contributed by atoms with Gasteiger partial charge in [-0.3, -0.25) is 4.98 Å². The first-order valence-corrected chi connectivity index (χ1v) is 10.6. The molecule has 0 N–H and O–H groups in total. The summed E-state index contributed by atoms with van der Waals surface area (Å²) in [6.45, 7) is 0. The van der Waals surface area contributed by atoms with Gasteiger partial charge in [0.05, 0.1) is 16.1 Å². The Bertz CT molecular complexity index is 1030. The van der Waals surface area contributed by atoms with Crippen LogP contribution in [0.15, 0.2) is 70.6 Å². The number of aromatic nitrogens is 2. The highest BCUT2D eigenvalue weighted by atomic mass is 32.2. The van der Waals surface area contributed by atoms with Gasteiger partial charge in [0.2, 0.25) is 0 Å². The Morgan fingerprint density at radius 1 is 1.00 bits per heavy atom. The van der Waals surface area contributed by atoms with Crippen molar-refractivity contribution in [3.05, 3.63) is 76.7 Å². The van der Waals surface area contributed by atoms with Crippen LogP contribution in [0.25, 0.3) is 21.0 Å². The standard InChI is InChI=1S/C20H13N3S3/c21-12-16-15(18-3-1-9-24-18)11-17(19-4-2-10-25-19)23-20(16)26-13-14-5-7-22-8-6-14/h1-11H,13H2. The zero-order valence-electron chi connectivity index (χ0n) is 13.6. The van der Waals surface area contributed by atoms with E-state index in [1.165, 1.54) is 0 Å². The summed E-state index contributed by atoms with van der Waals surface area (Å²) in [5, 5.41) is 14.7. The van der Waals surface area contributed by atoms with E-state index in [0.717, 1.165) is 37.4 Å². The van der Waals surface area contributed by atoms with Gasteiger partial charge in [-0.1, -0.05) is 12.1 Å². The molecule has 0 atom stereocenters. The van der Waals surface area contributed by atoms with Gasteiger partial charge in [-0.2, -0.15) is 5.26 Å². The van der Waals surface area contributed by atoms with Gasteiger partial charge < -0.3 is 0 Å². The molecule has 0 unspecified atom stereocenters. The van der Waals surface area contributed by atoms with Gasteiger partial charge in [0.25, 0.3) is 0 Å². The minimum absolute atomic E-state index is 0.645. The maximum atomic E-state index is 9.81. The highest BCUT2D eigenvalue weighted by Gasteiger charge is 2.17. The SMILES string of the molecule is N#Cc1c(-c2cccs2)cc(-c2cccs2)nc1SCc1ccncc1. The molecular formula is C20H13N3S3. The lowest BCUT2D eigenvalue weighted by molar-refractivity contribution is 1.12. The number of nitriles is 1. The maximum absolute atomic E-state index is 9.81. The molecule has 0 spiro atoms. The molecule has 3 nitrogen and oxygen atoms in total. The van der Waals surface area contributed by atoms with Crippen molar-refractivity contribution in [1.82, 2.24) is 9.97 Å². The van der Waals surface area contributed by atoms with E-state index in [9.17, 15) is 5.26 Å². The van der Waals surface area contributed by atoms with E-state index < -0.39 is 0 Å². The number of thiophene rings is 2. The van der Waals surface area contributed by atoms with Gasteiger partial charge in [-0.25, -0.2) is 4.98 Å². The molecular weight excluding hydrogens is 378 g/mol. The fraction of sp³-hybridized carbons (Fsp3) is 0.0500. The molecule has 4 aromatic rings. The van der Waals surface area contributed by atoms with Crippen molar-refractivity contribution in [3.63, 3.8) is 0 Å².